The molecule has 0 aromatic heterocycles. The highest BCUT2D eigenvalue weighted by molar-refractivity contribution is 5.57. The van der Waals surface area contributed by atoms with E-state index in [1.807, 2.05) is 0 Å². The molecule has 0 saturated heterocycles. The lowest BCUT2D eigenvalue weighted by Gasteiger charge is -2.16. The zero-order valence-corrected chi connectivity index (χ0v) is 8.43. The fourth-order valence-corrected chi connectivity index (χ4v) is 1.17. The Bertz CT molecular complexity index is 342. The molecule has 1 aromatic carbocycles. The normalized spacial score (nSPS) is 11.5. The summed E-state index contributed by atoms with van der Waals surface area (Å²) in [6, 6.07) is 4.96. The number of nitrogen functional groups attached to an aromatic ring is 1. The number of anilines is 2. The predicted molar refractivity (Wildman–Crippen MR) is 56.1 cm³/mol. The highest BCUT2D eigenvalue weighted by Gasteiger charge is 2.27. The summed E-state index contributed by atoms with van der Waals surface area (Å²) in [5, 5.41) is 10.9. The van der Waals surface area contributed by atoms with Gasteiger partial charge in [0.25, 0.3) is 5.92 Å². The van der Waals surface area contributed by atoms with Crippen molar-refractivity contribution < 1.29 is 13.9 Å². The van der Waals surface area contributed by atoms with Gasteiger partial charge in [-0.1, -0.05) is 0 Å². The average molecular weight is 216 g/mol. The molecule has 0 heterocycles. The van der Waals surface area contributed by atoms with E-state index >= 15 is 0 Å². The summed E-state index contributed by atoms with van der Waals surface area (Å²) in [7, 11) is 0. The van der Waals surface area contributed by atoms with Crippen LogP contribution in [0.2, 0.25) is 0 Å². The van der Waals surface area contributed by atoms with Gasteiger partial charge in [-0.15, -0.1) is 0 Å². The zero-order chi connectivity index (χ0) is 11.5. The fourth-order valence-electron chi connectivity index (χ4n) is 1.17. The molecule has 1 aromatic rings. The van der Waals surface area contributed by atoms with Gasteiger partial charge in [-0.25, -0.2) is 8.78 Å². The van der Waals surface area contributed by atoms with Crippen molar-refractivity contribution in [3.8, 4) is 0 Å². The third-order valence-electron chi connectivity index (χ3n) is 2.02. The number of hydrogen-bond acceptors (Lipinski definition) is 3. The monoisotopic (exact) mass is 216 g/mol. The van der Waals surface area contributed by atoms with Crippen LogP contribution in [0.5, 0.6) is 0 Å². The molecule has 0 saturated carbocycles. The topological polar surface area (TPSA) is 58.3 Å². The van der Waals surface area contributed by atoms with Crippen molar-refractivity contribution in [2.24, 2.45) is 0 Å². The van der Waals surface area contributed by atoms with Crippen LogP contribution in [0.1, 0.15) is 5.56 Å². The third kappa shape index (κ3) is 3.36. The number of nitrogens with two attached hydrogens (primary N) is 1. The molecule has 0 fully saturated rings. The molecular formula is C10H14F2N2O. The SMILES string of the molecule is Cc1cc(N)ccc1NCC(F)(F)CO. The van der Waals surface area contributed by atoms with E-state index in [9.17, 15) is 8.78 Å². The highest BCUT2D eigenvalue weighted by atomic mass is 19.3. The predicted octanol–water partition coefficient (Wildman–Crippen LogP) is 1.62. The van der Waals surface area contributed by atoms with Crippen LogP contribution in [0.3, 0.4) is 0 Å². The van der Waals surface area contributed by atoms with Crippen molar-refractivity contribution in [3.63, 3.8) is 0 Å². The summed E-state index contributed by atoms with van der Waals surface area (Å²) >= 11 is 0. The van der Waals surface area contributed by atoms with Gasteiger partial charge in [0.05, 0.1) is 6.54 Å². The van der Waals surface area contributed by atoms with E-state index in [2.05, 4.69) is 5.32 Å². The first-order valence-electron chi connectivity index (χ1n) is 4.53. The van der Waals surface area contributed by atoms with Crippen LogP contribution in [0, 0.1) is 6.92 Å². The molecule has 0 atom stereocenters. The number of alkyl halides is 2. The first-order chi connectivity index (χ1) is 6.94. The van der Waals surface area contributed by atoms with Gasteiger partial charge >= 0.3 is 0 Å². The minimum atomic E-state index is -3.10. The van der Waals surface area contributed by atoms with E-state index in [1.165, 1.54) is 0 Å². The van der Waals surface area contributed by atoms with Gasteiger partial charge in [0.15, 0.2) is 0 Å². The molecule has 84 valence electrons. The van der Waals surface area contributed by atoms with Gasteiger partial charge in [0, 0.05) is 11.4 Å². The molecule has 0 unspecified atom stereocenters. The summed E-state index contributed by atoms with van der Waals surface area (Å²) in [4.78, 5) is 0. The highest BCUT2D eigenvalue weighted by Crippen LogP contribution is 2.20. The number of benzene rings is 1. The second-order valence-corrected chi connectivity index (χ2v) is 3.44. The Hall–Kier alpha value is -1.36. The molecule has 0 bridgehead atoms. The molecule has 4 N–H and O–H groups in total. The molecule has 3 nitrogen and oxygen atoms in total. The zero-order valence-electron chi connectivity index (χ0n) is 8.43. The Kier molecular flexibility index (Phi) is 3.47. The number of hydrogen-bond donors (Lipinski definition) is 3. The van der Waals surface area contributed by atoms with Gasteiger partial charge in [-0.2, -0.15) is 0 Å². The Morgan fingerprint density at radius 1 is 1.47 bits per heavy atom. The van der Waals surface area contributed by atoms with Crippen LogP contribution >= 0.6 is 0 Å². The first kappa shape index (κ1) is 11.7. The summed E-state index contributed by atoms with van der Waals surface area (Å²) in [5.41, 5.74) is 7.50. The van der Waals surface area contributed by atoms with Gasteiger partial charge in [-0.3, -0.25) is 0 Å². The summed E-state index contributed by atoms with van der Waals surface area (Å²) in [6.45, 7) is 0.0259. The van der Waals surface area contributed by atoms with Crippen LogP contribution in [0.15, 0.2) is 18.2 Å². The number of halogens is 2. The second kappa shape index (κ2) is 4.44. The summed E-state index contributed by atoms with van der Waals surface area (Å²) in [5.74, 6) is -3.10. The molecule has 0 aliphatic heterocycles. The average Bonchev–Trinajstić information content (AvgIpc) is 2.16. The van der Waals surface area contributed by atoms with Crippen molar-refractivity contribution >= 4 is 11.4 Å². The van der Waals surface area contributed by atoms with E-state index in [0.29, 0.717) is 11.4 Å². The first-order valence-corrected chi connectivity index (χ1v) is 4.53. The fraction of sp³-hybridized carbons (Fsp3) is 0.400. The Morgan fingerprint density at radius 2 is 2.13 bits per heavy atom. The van der Waals surface area contributed by atoms with Crippen molar-refractivity contribution in [1.29, 1.82) is 0 Å². The smallest absolute Gasteiger partial charge is 0.287 e. The molecule has 5 heteroatoms. The van der Waals surface area contributed by atoms with E-state index < -0.39 is 19.1 Å². The van der Waals surface area contributed by atoms with E-state index in [4.69, 9.17) is 10.8 Å². The lowest BCUT2D eigenvalue weighted by Crippen LogP contribution is -2.31. The molecule has 0 spiro atoms. The molecule has 0 radical (unpaired) electrons. The molecule has 0 aliphatic rings. The van der Waals surface area contributed by atoms with Gasteiger partial charge < -0.3 is 16.2 Å². The maximum atomic E-state index is 12.7. The van der Waals surface area contributed by atoms with Crippen molar-refractivity contribution in [2.75, 3.05) is 24.2 Å². The maximum Gasteiger partial charge on any atom is 0.287 e. The minimum Gasteiger partial charge on any atom is -0.399 e. The number of aliphatic hydroxyl groups is 1. The Morgan fingerprint density at radius 3 is 2.67 bits per heavy atom. The van der Waals surface area contributed by atoms with Crippen molar-refractivity contribution in [2.45, 2.75) is 12.8 Å². The van der Waals surface area contributed by atoms with Crippen LogP contribution in [-0.2, 0) is 0 Å². The third-order valence-corrected chi connectivity index (χ3v) is 2.02. The van der Waals surface area contributed by atoms with Gasteiger partial charge in [0.1, 0.15) is 6.61 Å². The van der Waals surface area contributed by atoms with Crippen LogP contribution < -0.4 is 11.1 Å². The molecule has 1 rings (SSSR count). The number of rotatable bonds is 4. The molecule has 0 aliphatic carbocycles. The number of nitrogens with one attached hydrogen (secondary N) is 1. The lowest BCUT2D eigenvalue weighted by molar-refractivity contribution is -0.0372. The summed E-state index contributed by atoms with van der Waals surface area (Å²) < 4.78 is 25.4. The van der Waals surface area contributed by atoms with Gasteiger partial charge in [0.2, 0.25) is 0 Å². The number of aliphatic hydroxyl groups excluding tert-OH is 1. The van der Waals surface area contributed by atoms with Crippen LogP contribution in [0.4, 0.5) is 20.2 Å². The standard InChI is InChI=1S/C10H14F2N2O/c1-7-4-8(13)2-3-9(7)14-5-10(11,12)6-15/h2-4,14-15H,5-6,13H2,1H3. The van der Waals surface area contributed by atoms with E-state index in [-0.39, 0.29) is 0 Å². The molecule has 0 amide bonds. The minimum absolute atomic E-state index is 0.589. The van der Waals surface area contributed by atoms with Crippen LogP contribution in [0.25, 0.3) is 0 Å². The number of aryl methyl sites for hydroxylation is 1. The summed E-state index contributed by atoms with van der Waals surface area (Å²) in [6.07, 6.45) is 0. The lowest BCUT2D eigenvalue weighted by atomic mass is 10.1. The maximum absolute atomic E-state index is 12.7. The van der Waals surface area contributed by atoms with Crippen LogP contribution in [-0.4, -0.2) is 24.2 Å². The van der Waals surface area contributed by atoms with Crippen molar-refractivity contribution in [1.82, 2.24) is 0 Å². The van der Waals surface area contributed by atoms with Gasteiger partial charge in [-0.05, 0) is 30.7 Å². The largest absolute Gasteiger partial charge is 0.399 e. The quantitative estimate of drug-likeness (QED) is 0.670. The molecular weight excluding hydrogens is 202 g/mol. The Balaban J connectivity index is 2.66. The molecule has 15 heavy (non-hydrogen) atoms. The van der Waals surface area contributed by atoms with E-state index in [0.717, 1.165) is 5.56 Å². The van der Waals surface area contributed by atoms with Crippen molar-refractivity contribution in [3.05, 3.63) is 23.8 Å². The van der Waals surface area contributed by atoms with E-state index in [1.54, 1.807) is 25.1 Å². The Labute approximate surface area is 86.9 Å². The second-order valence-electron chi connectivity index (χ2n) is 3.44.